The number of morpholine rings is 1. The van der Waals surface area contributed by atoms with E-state index in [0.717, 1.165) is 48.5 Å². The second kappa shape index (κ2) is 7.58. The Balaban J connectivity index is 1.69. The number of rotatable bonds is 5. The molecular weight excluding hydrogens is 314 g/mol. The Labute approximate surface area is 149 Å². The average molecular weight is 343 g/mol. The molecule has 136 valence electrons. The number of carbonyl (C=O) groups excluding carboxylic acids is 1. The second-order valence-corrected chi connectivity index (χ2v) is 7.31. The lowest BCUT2D eigenvalue weighted by Gasteiger charge is -2.36. The Morgan fingerprint density at radius 1 is 1.28 bits per heavy atom. The normalized spacial score (nSPS) is 17.2. The third-order valence-electron chi connectivity index (χ3n) is 5.33. The molecule has 1 fully saturated rings. The monoisotopic (exact) mass is 343 g/mol. The zero-order valence-electron chi connectivity index (χ0n) is 15.7. The molecule has 1 aliphatic rings. The Kier molecular flexibility index (Phi) is 5.45. The molecule has 2 N–H and O–H groups in total. The van der Waals surface area contributed by atoms with Crippen molar-refractivity contribution in [1.82, 2.24) is 15.2 Å². The molecule has 5 heteroatoms. The number of hydrogen-bond donors (Lipinski definition) is 2. The van der Waals surface area contributed by atoms with E-state index in [1.807, 2.05) is 18.2 Å². The van der Waals surface area contributed by atoms with Crippen LogP contribution in [0.15, 0.2) is 18.2 Å². The summed E-state index contributed by atoms with van der Waals surface area (Å²) in [6.07, 6.45) is 0. The predicted molar refractivity (Wildman–Crippen MR) is 101 cm³/mol. The van der Waals surface area contributed by atoms with Crippen LogP contribution in [0.3, 0.4) is 0 Å². The lowest BCUT2D eigenvalue weighted by molar-refractivity contribution is 0.00673. The zero-order chi connectivity index (χ0) is 18.0. The van der Waals surface area contributed by atoms with Crippen LogP contribution in [0.25, 0.3) is 10.9 Å². The molecule has 1 aromatic heterocycles. The van der Waals surface area contributed by atoms with Gasteiger partial charge in [-0.05, 0) is 43.5 Å². The summed E-state index contributed by atoms with van der Waals surface area (Å²) in [6.45, 7) is 12.7. The van der Waals surface area contributed by atoms with Gasteiger partial charge in [-0.3, -0.25) is 9.69 Å². The van der Waals surface area contributed by atoms with Gasteiger partial charge in [0.25, 0.3) is 5.91 Å². The number of H-pyrrole nitrogens is 1. The first-order chi connectivity index (χ1) is 12.0. The highest BCUT2D eigenvalue weighted by atomic mass is 16.5. The van der Waals surface area contributed by atoms with Crippen LogP contribution >= 0.6 is 0 Å². The summed E-state index contributed by atoms with van der Waals surface area (Å²) in [5.41, 5.74) is 4.16. The van der Waals surface area contributed by atoms with Crippen LogP contribution < -0.4 is 5.32 Å². The van der Waals surface area contributed by atoms with Crippen molar-refractivity contribution in [2.75, 3.05) is 32.8 Å². The molecule has 0 unspecified atom stereocenters. The molecule has 5 nitrogen and oxygen atoms in total. The maximum absolute atomic E-state index is 12.7. The van der Waals surface area contributed by atoms with E-state index in [4.69, 9.17) is 4.74 Å². The first-order valence-corrected chi connectivity index (χ1v) is 9.16. The zero-order valence-corrected chi connectivity index (χ0v) is 15.7. The quantitative estimate of drug-likeness (QED) is 0.878. The summed E-state index contributed by atoms with van der Waals surface area (Å²) in [6, 6.07) is 6.22. The van der Waals surface area contributed by atoms with Gasteiger partial charge in [-0.15, -0.1) is 0 Å². The number of carbonyl (C=O) groups is 1. The number of benzene rings is 1. The topological polar surface area (TPSA) is 57.4 Å². The number of fused-ring (bicyclic) bond motifs is 1. The van der Waals surface area contributed by atoms with Gasteiger partial charge in [-0.1, -0.05) is 13.8 Å². The summed E-state index contributed by atoms with van der Waals surface area (Å²) >= 11 is 0. The molecule has 0 saturated carbocycles. The molecule has 0 spiro atoms. The lowest BCUT2D eigenvalue weighted by Crippen LogP contribution is -2.51. The highest BCUT2D eigenvalue weighted by Gasteiger charge is 2.24. The summed E-state index contributed by atoms with van der Waals surface area (Å²) in [5.74, 6) is 0.481. The van der Waals surface area contributed by atoms with Gasteiger partial charge < -0.3 is 15.0 Å². The molecule has 1 atom stereocenters. The summed E-state index contributed by atoms with van der Waals surface area (Å²) in [4.78, 5) is 18.4. The minimum absolute atomic E-state index is 0.000868. The van der Waals surface area contributed by atoms with Crippen molar-refractivity contribution in [2.45, 2.75) is 33.7 Å². The van der Waals surface area contributed by atoms with Crippen LogP contribution in [0.5, 0.6) is 0 Å². The molecule has 2 aromatic rings. The van der Waals surface area contributed by atoms with Gasteiger partial charge in [0, 0.05) is 47.8 Å². The van der Waals surface area contributed by atoms with E-state index in [-0.39, 0.29) is 5.91 Å². The Bertz CT molecular complexity index is 745. The lowest BCUT2D eigenvalue weighted by atomic mass is 10.0. The smallest absolute Gasteiger partial charge is 0.251 e. The molecule has 3 rings (SSSR count). The predicted octanol–water partition coefficient (Wildman–Crippen LogP) is 2.87. The van der Waals surface area contributed by atoms with Gasteiger partial charge in [0.15, 0.2) is 0 Å². The Morgan fingerprint density at radius 3 is 2.68 bits per heavy atom. The van der Waals surface area contributed by atoms with E-state index in [0.29, 0.717) is 18.5 Å². The van der Waals surface area contributed by atoms with E-state index >= 15 is 0 Å². The molecule has 1 saturated heterocycles. The van der Waals surface area contributed by atoms with Gasteiger partial charge in [0.05, 0.1) is 13.2 Å². The van der Waals surface area contributed by atoms with Gasteiger partial charge in [0.1, 0.15) is 0 Å². The number of ether oxygens (including phenoxy) is 1. The van der Waals surface area contributed by atoms with Crippen LogP contribution in [0, 0.1) is 19.8 Å². The number of aryl methyl sites for hydroxylation is 2. The van der Waals surface area contributed by atoms with Crippen LogP contribution in [0.1, 0.15) is 35.5 Å². The molecule has 25 heavy (non-hydrogen) atoms. The molecular formula is C20H29N3O2. The fourth-order valence-electron chi connectivity index (χ4n) is 3.60. The number of nitrogens with zero attached hydrogens (tertiary/aromatic N) is 1. The van der Waals surface area contributed by atoms with Gasteiger partial charge in [0.2, 0.25) is 0 Å². The van der Waals surface area contributed by atoms with Gasteiger partial charge >= 0.3 is 0 Å². The summed E-state index contributed by atoms with van der Waals surface area (Å²) in [7, 11) is 0. The standard InChI is InChI=1S/C20H29N3O2/c1-13(2)19(23-7-9-25-10-8-23)12-21-20(24)16-5-6-18-17(11-16)14(3)15(4)22-18/h5-6,11,13,19,22H,7-10,12H2,1-4H3,(H,21,24)/t19-/m1/s1. The van der Waals surface area contributed by atoms with Crippen LogP contribution in [-0.4, -0.2) is 54.7 Å². The highest BCUT2D eigenvalue weighted by molar-refractivity contribution is 5.99. The maximum atomic E-state index is 12.7. The van der Waals surface area contributed by atoms with Crippen molar-refractivity contribution in [3.8, 4) is 0 Å². The molecule has 1 aliphatic heterocycles. The van der Waals surface area contributed by atoms with E-state index in [1.165, 1.54) is 5.56 Å². The van der Waals surface area contributed by atoms with Crippen molar-refractivity contribution in [2.24, 2.45) is 5.92 Å². The number of amides is 1. The van der Waals surface area contributed by atoms with Crippen molar-refractivity contribution in [3.63, 3.8) is 0 Å². The maximum Gasteiger partial charge on any atom is 0.251 e. The second-order valence-electron chi connectivity index (χ2n) is 7.31. The van der Waals surface area contributed by atoms with Crippen LogP contribution in [-0.2, 0) is 4.74 Å². The largest absolute Gasteiger partial charge is 0.379 e. The number of aromatic nitrogens is 1. The molecule has 0 bridgehead atoms. The fourth-order valence-corrected chi connectivity index (χ4v) is 3.60. The van der Waals surface area contributed by atoms with Gasteiger partial charge in [-0.2, -0.15) is 0 Å². The van der Waals surface area contributed by atoms with E-state index in [1.54, 1.807) is 0 Å². The minimum atomic E-state index is -0.000868. The molecule has 2 heterocycles. The van der Waals surface area contributed by atoms with E-state index in [9.17, 15) is 4.79 Å². The molecule has 1 amide bonds. The fraction of sp³-hybridized carbons (Fsp3) is 0.550. The van der Waals surface area contributed by atoms with E-state index < -0.39 is 0 Å². The summed E-state index contributed by atoms with van der Waals surface area (Å²) < 4.78 is 5.45. The SMILES string of the molecule is Cc1[nH]c2ccc(C(=O)NC[C@H](C(C)C)N3CCOCC3)cc2c1C. The molecule has 1 aromatic carbocycles. The Morgan fingerprint density at radius 2 is 2.00 bits per heavy atom. The first kappa shape index (κ1) is 18.0. The third-order valence-corrected chi connectivity index (χ3v) is 5.33. The molecule has 0 aliphatic carbocycles. The van der Waals surface area contributed by atoms with Crippen LogP contribution in [0.4, 0.5) is 0 Å². The van der Waals surface area contributed by atoms with Crippen molar-refractivity contribution in [3.05, 3.63) is 35.0 Å². The minimum Gasteiger partial charge on any atom is -0.379 e. The molecule has 0 radical (unpaired) electrons. The van der Waals surface area contributed by atoms with Gasteiger partial charge in [-0.25, -0.2) is 0 Å². The van der Waals surface area contributed by atoms with E-state index in [2.05, 4.69) is 42.9 Å². The van der Waals surface area contributed by atoms with Crippen LogP contribution in [0.2, 0.25) is 0 Å². The van der Waals surface area contributed by atoms with Crippen molar-refractivity contribution < 1.29 is 9.53 Å². The third kappa shape index (κ3) is 3.88. The average Bonchev–Trinajstić information content (AvgIpc) is 2.89. The Hall–Kier alpha value is -1.85. The van der Waals surface area contributed by atoms with Crippen molar-refractivity contribution in [1.29, 1.82) is 0 Å². The number of hydrogen-bond acceptors (Lipinski definition) is 3. The first-order valence-electron chi connectivity index (χ1n) is 9.16. The summed E-state index contributed by atoms with van der Waals surface area (Å²) in [5, 5.41) is 4.26. The highest BCUT2D eigenvalue weighted by Crippen LogP contribution is 2.22. The number of nitrogens with one attached hydrogen (secondary N) is 2. The number of aromatic amines is 1. The van der Waals surface area contributed by atoms with Crippen molar-refractivity contribution >= 4 is 16.8 Å².